The zero-order valence-electron chi connectivity index (χ0n) is 8.34. The number of aliphatic carboxylic acids is 1. The molecule has 1 unspecified atom stereocenters. The van der Waals surface area contributed by atoms with Crippen LogP contribution in [-0.4, -0.2) is 43.5 Å². The molecule has 0 aromatic heterocycles. The minimum Gasteiger partial charge on any atom is -0.480 e. The van der Waals surface area contributed by atoms with Gasteiger partial charge in [-0.15, -0.1) is 0 Å². The molecule has 1 heterocycles. The van der Waals surface area contributed by atoms with Gasteiger partial charge in [-0.3, -0.25) is 9.63 Å². The SMILES string of the molecule is CONS(=O)(=O)N1CCCCC1C(=O)O. The van der Waals surface area contributed by atoms with Crippen molar-refractivity contribution in [1.82, 2.24) is 9.19 Å². The molecule has 1 atom stereocenters. The lowest BCUT2D eigenvalue weighted by molar-refractivity contribution is -0.142. The van der Waals surface area contributed by atoms with E-state index < -0.39 is 22.2 Å². The van der Waals surface area contributed by atoms with E-state index in [9.17, 15) is 13.2 Å². The van der Waals surface area contributed by atoms with Crippen LogP contribution in [0.25, 0.3) is 0 Å². The predicted octanol–water partition coefficient (Wildman–Crippen LogP) is -0.679. The number of carbonyl (C=O) groups is 1. The van der Waals surface area contributed by atoms with Crippen molar-refractivity contribution in [2.75, 3.05) is 13.7 Å². The lowest BCUT2D eigenvalue weighted by Gasteiger charge is -2.31. The Bertz CT molecular complexity index is 328. The van der Waals surface area contributed by atoms with Gasteiger partial charge in [-0.05, 0) is 19.3 Å². The van der Waals surface area contributed by atoms with E-state index in [-0.39, 0.29) is 6.54 Å². The average Bonchev–Trinajstić information content (AvgIpc) is 2.17. The van der Waals surface area contributed by atoms with Crippen LogP contribution in [0.3, 0.4) is 0 Å². The minimum atomic E-state index is -3.85. The summed E-state index contributed by atoms with van der Waals surface area (Å²) >= 11 is 0. The summed E-state index contributed by atoms with van der Waals surface area (Å²) in [5.41, 5.74) is 0. The van der Waals surface area contributed by atoms with E-state index >= 15 is 0 Å². The van der Waals surface area contributed by atoms with Gasteiger partial charge < -0.3 is 5.11 Å². The summed E-state index contributed by atoms with van der Waals surface area (Å²) in [6, 6.07) is -0.994. The Balaban J connectivity index is 2.85. The first-order valence-corrected chi connectivity index (χ1v) is 5.97. The molecule has 0 aromatic carbocycles. The molecule has 8 heteroatoms. The number of carboxylic acids is 1. The molecule has 15 heavy (non-hydrogen) atoms. The second-order valence-electron chi connectivity index (χ2n) is 3.25. The van der Waals surface area contributed by atoms with E-state index in [0.717, 1.165) is 17.8 Å². The highest BCUT2D eigenvalue weighted by Gasteiger charge is 2.36. The number of nitrogens with one attached hydrogen (secondary N) is 1. The van der Waals surface area contributed by atoms with E-state index in [1.54, 1.807) is 0 Å². The summed E-state index contributed by atoms with van der Waals surface area (Å²) in [6.07, 6.45) is 1.71. The van der Waals surface area contributed by atoms with Crippen LogP contribution in [0.1, 0.15) is 19.3 Å². The first-order chi connectivity index (χ1) is 6.99. The van der Waals surface area contributed by atoms with E-state index in [1.807, 2.05) is 4.89 Å². The van der Waals surface area contributed by atoms with Crippen molar-refractivity contribution in [3.8, 4) is 0 Å². The number of carboxylic acid groups (broad SMARTS) is 1. The Labute approximate surface area is 88.2 Å². The first-order valence-electron chi connectivity index (χ1n) is 4.53. The number of hydrogen-bond acceptors (Lipinski definition) is 4. The quantitative estimate of drug-likeness (QED) is 0.633. The number of rotatable bonds is 4. The minimum absolute atomic E-state index is 0.204. The Morgan fingerprint density at radius 3 is 2.73 bits per heavy atom. The molecule has 0 spiro atoms. The monoisotopic (exact) mass is 238 g/mol. The number of piperidine rings is 1. The molecular weight excluding hydrogens is 224 g/mol. The van der Waals surface area contributed by atoms with Crippen molar-refractivity contribution in [2.45, 2.75) is 25.3 Å². The van der Waals surface area contributed by atoms with Gasteiger partial charge in [-0.25, -0.2) is 0 Å². The molecule has 0 aromatic rings. The molecule has 1 aliphatic heterocycles. The van der Waals surface area contributed by atoms with Crippen LogP contribution in [0.4, 0.5) is 0 Å². The fourth-order valence-corrected chi connectivity index (χ4v) is 2.80. The third kappa shape index (κ3) is 2.88. The zero-order valence-corrected chi connectivity index (χ0v) is 9.16. The molecule has 0 amide bonds. The van der Waals surface area contributed by atoms with Crippen LogP contribution in [0.5, 0.6) is 0 Å². The maximum Gasteiger partial charge on any atom is 0.322 e. The van der Waals surface area contributed by atoms with Gasteiger partial charge >= 0.3 is 16.2 Å². The largest absolute Gasteiger partial charge is 0.480 e. The third-order valence-electron chi connectivity index (χ3n) is 2.24. The highest BCUT2D eigenvalue weighted by molar-refractivity contribution is 7.87. The van der Waals surface area contributed by atoms with Crippen LogP contribution in [0.2, 0.25) is 0 Å². The third-order valence-corrected chi connectivity index (χ3v) is 3.67. The van der Waals surface area contributed by atoms with Gasteiger partial charge in [0, 0.05) is 6.54 Å². The molecule has 1 fully saturated rings. The van der Waals surface area contributed by atoms with Crippen LogP contribution in [0, 0.1) is 0 Å². The Morgan fingerprint density at radius 1 is 1.53 bits per heavy atom. The number of hydrogen-bond donors (Lipinski definition) is 2. The highest BCUT2D eigenvalue weighted by Crippen LogP contribution is 2.19. The van der Waals surface area contributed by atoms with Gasteiger partial charge in [0.15, 0.2) is 0 Å². The fourth-order valence-electron chi connectivity index (χ4n) is 1.59. The molecular formula is C7H14N2O5S. The summed E-state index contributed by atoms with van der Waals surface area (Å²) < 4.78 is 24.0. The lowest BCUT2D eigenvalue weighted by Crippen LogP contribution is -2.51. The predicted molar refractivity (Wildman–Crippen MR) is 51.0 cm³/mol. The van der Waals surface area contributed by atoms with Gasteiger partial charge in [0.1, 0.15) is 6.04 Å². The average molecular weight is 238 g/mol. The molecule has 0 saturated carbocycles. The second kappa shape index (κ2) is 4.88. The van der Waals surface area contributed by atoms with Gasteiger partial charge in [-0.2, -0.15) is 12.7 Å². The van der Waals surface area contributed by atoms with Crippen LogP contribution < -0.4 is 4.89 Å². The Hall–Kier alpha value is -0.700. The van der Waals surface area contributed by atoms with Crippen LogP contribution in [-0.2, 0) is 19.8 Å². The number of nitrogens with zero attached hydrogens (tertiary/aromatic N) is 1. The van der Waals surface area contributed by atoms with E-state index in [1.165, 1.54) is 0 Å². The van der Waals surface area contributed by atoms with Crippen LogP contribution >= 0.6 is 0 Å². The van der Waals surface area contributed by atoms with Gasteiger partial charge in [0.05, 0.1) is 7.11 Å². The fraction of sp³-hybridized carbons (Fsp3) is 0.857. The molecule has 1 rings (SSSR count). The van der Waals surface area contributed by atoms with E-state index in [4.69, 9.17) is 5.11 Å². The summed E-state index contributed by atoms with van der Waals surface area (Å²) in [5.74, 6) is -1.13. The normalized spacial score (nSPS) is 23.9. The van der Waals surface area contributed by atoms with Crippen LogP contribution in [0.15, 0.2) is 0 Å². The molecule has 0 bridgehead atoms. The molecule has 88 valence electrons. The van der Waals surface area contributed by atoms with Crippen molar-refractivity contribution >= 4 is 16.2 Å². The summed E-state index contributed by atoms with van der Waals surface area (Å²) in [6.45, 7) is 0.204. The molecule has 7 nitrogen and oxygen atoms in total. The summed E-state index contributed by atoms with van der Waals surface area (Å²) in [4.78, 5) is 17.0. The molecule has 0 radical (unpaired) electrons. The van der Waals surface area contributed by atoms with Crippen molar-refractivity contribution < 1.29 is 23.2 Å². The van der Waals surface area contributed by atoms with Crippen molar-refractivity contribution in [3.63, 3.8) is 0 Å². The molecule has 2 N–H and O–H groups in total. The lowest BCUT2D eigenvalue weighted by atomic mass is 10.1. The van der Waals surface area contributed by atoms with Gasteiger partial charge in [0.25, 0.3) is 0 Å². The van der Waals surface area contributed by atoms with Gasteiger partial charge in [0.2, 0.25) is 0 Å². The van der Waals surface area contributed by atoms with E-state index in [2.05, 4.69) is 4.84 Å². The van der Waals surface area contributed by atoms with Crippen molar-refractivity contribution in [2.24, 2.45) is 0 Å². The van der Waals surface area contributed by atoms with Crippen molar-refractivity contribution in [1.29, 1.82) is 0 Å². The molecule has 1 saturated heterocycles. The Morgan fingerprint density at radius 2 is 2.20 bits per heavy atom. The molecule has 0 aliphatic carbocycles. The van der Waals surface area contributed by atoms with Crippen molar-refractivity contribution in [3.05, 3.63) is 0 Å². The maximum absolute atomic E-state index is 11.5. The smallest absolute Gasteiger partial charge is 0.322 e. The summed E-state index contributed by atoms with van der Waals surface area (Å²) in [5, 5.41) is 8.87. The molecule has 1 aliphatic rings. The maximum atomic E-state index is 11.5. The second-order valence-corrected chi connectivity index (χ2v) is 4.84. The Kier molecular flexibility index (Phi) is 4.03. The van der Waals surface area contributed by atoms with Gasteiger partial charge in [-0.1, -0.05) is 4.89 Å². The first kappa shape index (κ1) is 12.4. The zero-order chi connectivity index (χ0) is 11.5. The summed E-state index contributed by atoms with van der Waals surface area (Å²) in [7, 11) is -2.68. The topological polar surface area (TPSA) is 95.9 Å². The highest BCUT2D eigenvalue weighted by atomic mass is 32.2. The standard InChI is InChI=1S/C7H14N2O5S/c1-14-8-15(12,13)9-5-3-2-4-6(9)7(10)11/h6,8H,2-5H2,1H3,(H,10,11). The van der Waals surface area contributed by atoms with E-state index in [0.29, 0.717) is 12.8 Å².